The first-order valence-electron chi connectivity index (χ1n) is 5.11. The lowest BCUT2D eigenvalue weighted by Gasteiger charge is -2.05. The largest absolute Gasteiger partial charge is 0.452 e. The molecule has 0 atom stereocenters. The molecule has 0 radical (unpaired) electrons. The fourth-order valence-electron chi connectivity index (χ4n) is 1.62. The Morgan fingerprint density at radius 3 is 2.53 bits per heavy atom. The number of carbonyl (C=O) groups is 2. The fourth-order valence-corrected chi connectivity index (χ4v) is 1.62. The predicted octanol–water partition coefficient (Wildman–Crippen LogP) is 1.48. The van der Waals surface area contributed by atoms with E-state index >= 15 is 0 Å². The average Bonchev–Trinajstić information content (AvgIpc) is 2.35. The van der Waals surface area contributed by atoms with E-state index in [9.17, 15) is 9.59 Å². The highest BCUT2D eigenvalue weighted by Crippen LogP contribution is 2.19. The zero-order valence-corrected chi connectivity index (χ0v) is 9.05. The summed E-state index contributed by atoms with van der Waals surface area (Å²) in [5, 5.41) is 1.74. The number of amides is 1. The maximum atomic E-state index is 11.7. The Hall–Kier alpha value is -2.36. The molecular weight excluding hydrogens is 218 g/mol. The first-order chi connectivity index (χ1) is 8.18. The quantitative estimate of drug-likeness (QED) is 0.810. The Bertz CT molecular complexity index is 572. The van der Waals surface area contributed by atoms with E-state index in [1.165, 1.54) is 0 Å². The summed E-state index contributed by atoms with van der Waals surface area (Å²) in [7, 11) is 0. The van der Waals surface area contributed by atoms with E-state index in [2.05, 4.69) is 0 Å². The molecule has 0 aliphatic rings. The van der Waals surface area contributed by atoms with Gasteiger partial charge in [0, 0.05) is 0 Å². The van der Waals surface area contributed by atoms with Gasteiger partial charge in [-0.05, 0) is 16.8 Å². The molecule has 0 saturated heterocycles. The van der Waals surface area contributed by atoms with Gasteiger partial charge in [0.25, 0.3) is 5.91 Å². The number of esters is 1. The number of rotatable bonds is 3. The zero-order valence-electron chi connectivity index (χ0n) is 9.05. The van der Waals surface area contributed by atoms with Crippen molar-refractivity contribution in [1.29, 1.82) is 0 Å². The van der Waals surface area contributed by atoms with E-state index in [-0.39, 0.29) is 0 Å². The highest BCUT2D eigenvalue weighted by molar-refractivity contribution is 6.04. The van der Waals surface area contributed by atoms with Crippen LogP contribution in [0.25, 0.3) is 10.8 Å². The van der Waals surface area contributed by atoms with Crippen molar-refractivity contribution in [1.82, 2.24) is 0 Å². The summed E-state index contributed by atoms with van der Waals surface area (Å²) in [6, 6.07) is 12.8. The Labute approximate surface area is 98.0 Å². The van der Waals surface area contributed by atoms with E-state index in [4.69, 9.17) is 10.5 Å². The lowest BCUT2D eigenvalue weighted by molar-refractivity contribution is -0.121. The maximum Gasteiger partial charge on any atom is 0.339 e. The molecule has 0 heterocycles. The molecule has 17 heavy (non-hydrogen) atoms. The Morgan fingerprint density at radius 1 is 1.06 bits per heavy atom. The molecule has 0 fully saturated rings. The van der Waals surface area contributed by atoms with Crippen LogP contribution in [0, 0.1) is 0 Å². The van der Waals surface area contributed by atoms with Gasteiger partial charge in [0.2, 0.25) is 0 Å². The predicted molar refractivity (Wildman–Crippen MR) is 63.4 cm³/mol. The van der Waals surface area contributed by atoms with Crippen LogP contribution in [0.5, 0.6) is 0 Å². The maximum absolute atomic E-state index is 11.7. The number of primary amides is 1. The summed E-state index contributed by atoms with van der Waals surface area (Å²) in [6.07, 6.45) is 0. The van der Waals surface area contributed by atoms with Gasteiger partial charge in [0.1, 0.15) is 0 Å². The van der Waals surface area contributed by atoms with Crippen LogP contribution >= 0.6 is 0 Å². The molecule has 2 rings (SSSR count). The number of fused-ring (bicyclic) bond motifs is 1. The molecular formula is C13H11NO3. The number of carbonyl (C=O) groups excluding carboxylic acids is 2. The van der Waals surface area contributed by atoms with Gasteiger partial charge in [-0.15, -0.1) is 0 Å². The molecule has 0 aromatic heterocycles. The molecule has 0 aliphatic carbocycles. The third-order valence-corrected chi connectivity index (χ3v) is 2.36. The molecule has 0 spiro atoms. The second-order valence-corrected chi connectivity index (χ2v) is 3.57. The van der Waals surface area contributed by atoms with E-state index < -0.39 is 18.5 Å². The number of benzene rings is 2. The molecule has 1 amide bonds. The minimum atomic E-state index is -0.668. The average molecular weight is 229 g/mol. The van der Waals surface area contributed by atoms with Crippen molar-refractivity contribution in [3.8, 4) is 0 Å². The fraction of sp³-hybridized carbons (Fsp3) is 0.0769. The minimum absolute atomic E-state index is 0.401. The van der Waals surface area contributed by atoms with Crippen molar-refractivity contribution in [3.05, 3.63) is 48.0 Å². The molecule has 86 valence electrons. The van der Waals surface area contributed by atoms with Gasteiger partial charge < -0.3 is 10.5 Å². The van der Waals surface area contributed by atoms with Crippen LogP contribution in [0.3, 0.4) is 0 Å². The van der Waals surface area contributed by atoms with Crippen molar-refractivity contribution in [2.24, 2.45) is 5.73 Å². The lowest BCUT2D eigenvalue weighted by Crippen LogP contribution is -2.21. The second kappa shape index (κ2) is 4.65. The molecule has 0 bridgehead atoms. The van der Waals surface area contributed by atoms with Gasteiger partial charge in [0.15, 0.2) is 6.61 Å². The van der Waals surface area contributed by atoms with Crippen molar-refractivity contribution >= 4 is 22.6 Å². The summed E-state index contributed by atoms with van der Waals surface area (Å²) < 4.78 is 4.78. The van der Waals surface area contributed by atoms with E-state index in [0.717, 1.165) is 10.8 Å². The van der Waals surface area contributed by atoms with Crippen LogP contribution in [-0.4, -0.2) is 18.5 Å². The molecule has 0 unspecified atom stereocenters. The molecule has 2 N–H and O–H groups in total. The van der Waals surface area contributed by atoms with Crippen molar-refractivity contribution in [2.75, 3.05) is 6.61 Å². The monoisotopic (exact) mass is 229 g/mol. The highest BCUT2D eigenvalue weighted by atomic mass is 16.5. The van der Waals surface area contributed by atoms with Gasteiger partial charge in [0.05, 0.1) is 5.56 Å². The van der Waals surface area contributed by atoms with Gasteiger partial charge in [-0.1, -0.05) is 36.4 Å². The van der Waals surface area contributed by atoms with Crippen LogP contribution in [-0.2, 0) is 9.53 Å². The van der Waals surface area contributed by atoms with E-state index in [1.807, 2.05) is 30.3 Å². The van der Waals surface area contributed by atoms with Crippen molar-refractivity contribution in [2.45, 2.75) is 0 Å². The lowest BCUT2D eigenvalue weighted by atomic mass is 10.1. The van der Waals surface area contributed by atoms with Gasteiger partial charge in [-0.2, -0.15) is 0 Å². The summed E-state index contributed by atoms with van der Waals surface area (Å²) >= 11 is 0. The van der Waals surface area contributed by atoms with Crippen molar-refractivity contribution < 1.29 is 14.3 Å². The molecule has 0 aliphatic heterocycles. The van der Waals surface area contributed by atoms with E-state index in [0.29, 0.717) is 5.56 Å². The van der Waals surface area contributed by atoms with Crippen LogP contribution in [0.2, 0.25) is 0 Å². The first-order valence-corrected chi connectivity index (χ1v) is 5.11. The normalized spacial score (nSPS) is 10.1. The second-order valence-electron chi connectivity index (χ2n) is 3.57. The topological polar surface area (TPSA) is 69.4 Å². The van der Waals surface area contributed by atoms with Crippen LogP contribution < -0.4 is 5.73 Å². The third-order valence-electron chi connectivity index (χ3n) is 2.36. The Balaban J connectivity index is 2.35. The summed E-state index contributed by atoms with van der Waals surface area (Å²) in [5.41, 5.74) is 5.35. The summed E-state index contributed by atoms with van der Waals surface area (Å²) in [5.74, 6) is -1.21. The molecule has 2 aromatic carbocycles. The molecule has 4 nitrogen and oxygen atoms in total. The Kier molecular flexibility index (Phi) is 3.05. The number of nitrogens with two attached hydrogens (primary N) is 1. The van der Waals surface area contributed by atoms with Gasteiger partial charge in [-0.25, -0.2) is 4.79 Å². The van der Waals surface area contributed by atoms with Gasteiger partial charge in [-0.3, -0.25) is 4.79 Å². The number of hydrogen-bond acceptors (Lipinski definition) is 3. The number of ether oxygens (including phenoxy) is 1. The SMILES string of the molecule is NC(=O)COC(=O)c1cccc2ccccc12. The molecule has 2 aromatic rings. The Morgan fingerprint density at radius 2 is 1.76 bits per heavy atom. The van der Waals surface area contributed by atoms with Crippen LogP contribution in [0.15, 0.2) is 42.5 Å². The third kappa shape index (κ3) is 2.42. The standard InChI is InChI=1S/C13H11NO3/c14-12(15)8-17-13(16)11-7-3-5-9-4-1-2-6-10(9)11/h1-7H,8H2,(H2,14,15). The minimum Gasteiger partial charge on any atom is -0.452 e. The van der Waals surface area contributed by atoms with Crippen LogP contribution in [0.4, 0.5) is 0 Å². The van der Waals surface area contributed by atoms with Gasteiger partial charge >= 0.3 is 5.97 Å². The summed E-state index contributed by atoms with van der Waals surface area (Å²) in [4.78, 5) is 22.3. The van der Waals surface area contributed by atoms with E-state index in [1.54, 1.807) is 12.1 Å². The summed E-state index contributed by atoms with van der Waals surface area (Å²) in [6.45, 7) is -0.401. The molecule has 4 heteroatoms. The van der Waals surface area contributed by atoms with Crippen molar-refractivity contribution in [3.63, 3.8) is 0 Å². The smallest absolute Gasteiger partial charge is 0.339 e. The zero-order chi connectivity index (χ0) is 12.3. The highest BCUT2D eigenvalue weighted by Gasteiger charge is 2.11. The van der Waals surface area contributed by atoms with Crippen LogP contribution in [0.1, 0.15) is 10.4 Å². The number of hydrogen-bond donors (Lipinski definition) is 1. The molecule has 0 saturated carbocycles. The first kappa shape index (κ1) is 11.1.